The van der Waals surface area contributed by atoms with Gasteiger partial charge in [-0.2, -0.15) is 0 Å². The van der Waals surface area contributed by atoms with Crippen LogP contribution in [-0.2, 0) is 12.8 Å². The fraction of sp³-hybridized carbons (Fsp3) is 0.429. The Balaban J connectivity index is 1.57. The zero-order chi connectivity index (χ0) is 19.6. The standard InChI is InChI=1S/C21H25F2N5/c22-21(23,13-24)12-15(11-19-27-16-7-1-2-8-17(16)28-19)26-18-9-3-5-14-6-4-10-25-20(14)18/h1-2,4,6-8,10,15,18,26H,3,5,9,11-13,24H2,(H,27,28). The lowest BCUT2D eigenvalue weighted by Crippen LogP contribution is -2.43. The number of halogens is 2. The number of nitrogens with one attached hydrogen (secondary N) is 2. The lowest BCUT2D eigenvalue weighted by Gasteiger charge is -2.31. The smallest absolute Gasteiger partial charge is 0.261 e. The number of aromatic amines is 1. The summed E-state index contributed by atoms with van der Waals surface area (Å²) >= 11 is 0. The molecule has 1 aliphatic rings. The SMILES string of the molecule is NCC(F)(F)CC(Cc1nc2ccccc2[nH]1)NC1CCCc2cccnc21. The Kier molecular flexibility index (Phi) is 5.37. The highest BCUT2D eigenvalue weighted by molar-refractivity contribution is 5.74. The van der Waals surface area contributed by atoms with Crippen molar-refractivity contribution in [3.8, 4) is 0 Å². The molecule has 4 N–H and O–H groups in total. The third kappa shape index (κ3) is 4.20. The maximum Gasteiger partial charge on any atom is 0.261 e. The Bertz CT molecular complexity index is 906. The van der Waals surface area contributed by atoms with Crippen molar-refractivity contribution in [2.24, 2.45) is 5.73 Å². The summed E-state index contributed by atoms with van der Waals surface area (Å²) in [6, 6.07) is 11.2. The van der Waals surface area contributed by atoms with Crippen LogP contribution in [0.5, 0.6) is 0 Å². The van der Waals surface area contributed by atoms with Crippen molar-refractivity contribution in [1.29, 1.82) is 0 Å². The molecule has 148 valence electrons. The number of aromatic nitrogens is 3. The highest BCUT2D eigenvalue weighted by atomic mass is 19.3. The molecule has 0 spiro atoms. The number of para-hydroxylation sites is 2. The summed E-state index contributed by atoms with van der Waals surface area (Å²) in [4.78, 5) is 12.3. The average Bonchev–Trinajstić information content (AvgIpc) is 3.10. The number of nitrogens with zero attached hydrogens (tertiary/aromatic N) is 2. The Morgan fingerprint density at radius 1 is 1.25 bits per heavy atom. The summed E-state index contributed by atoms with van der Waals surface area (Å²) in [6.45, 7) is -0.662. The largest absolute Gasteiger partial charge is 0.342 e. The molecule has 0 radical (unpaired) electrons. The number of fused-ring (bicyclic) bond motifs is 2. The lowest BCUT2D eigenvalue weighted by molar-refractivity contribution is -0.00912. The third-order valence-corrected chi connectivity index (χ3v) is 5.35. The molecule has 0 amide bonds. The molecule has 0 fully saturated rings. The molecule has 1 aliphatic carbocycles. The molecule has 5 nitrogen and oxygen atoms in total. The van der Waals surface area contributed by atoms with Crippen molar-refractivity contribution in [3.63, 3.8) is 0 Å². The molecule has 0 bridgehead atoms. The van der Waals surface area contributed by atoms with Crippen molar-refractivity contribution in [3.05, 3.63) is 59.7 Å². The Morgan fingerprint density at radius 3 is 2.93 bits per heavy atom. The number of benzene rings is 1. The molecule has 2 heterocycles. The molecule has 1 aromatic carbocycles. The second-order valence-corrected chi connectivity index (χ2v) is 7.53. The van der Waals surface area contributed by atoms with Crippen LogP contribution in [0.25, 0.3) is 11.0 Å². The summed E-state index contributed by atoms with van der Waals surface area (Å²) < 4.78 is 28.3. The summed E-state index contributed by atoms with van der Waals surface area (Å²) in [6.07, 6.45) is 4.69. The predicted octanol–water partition coefficient (Wildman–Crippen LogP) is 3.52. The predicted molar refractivity (Wildman–Crippen MR) is 105 cm³/mol. The van der Waals surface area contributed by atoms with Gasteiger partial charge in [-0.05, 0) is 43.0 Å². The Labute approximate surface area is 162 Å². The van der Waals surface area contributed by atoms with E-state index in [2.05, 4.69) is 26.3 Å². The van der Waals surface area contributed by atoms with E-state index in [4.69, 9.17) is 5.73 Å². The van der Waals surface area contributed by atoms with E-state index in [1.807, 2.05) is 30.3 Å². The first-order chi connectivity index (χ1) is 13.5. The Morgan fingerprint density at radius 2 is 2.11 bits per heavy atom. The van der Waals surface area contributed by atoms with E-state index in [1.54, 1.807) is 6.20 Å². The van der Waals surface area contributed by atoms with Crippen molar-refractivity contribution in [1.82, 2.24) is 20.3 Å². The van der Waals surface area contributed by atoms with Crippen molar-refractivity contribution >= 4 is 11.0 Å². The van der Waals surface area contributed by atoms with E-state index >= 15 is 0 Å². The number of H-pyrrole nitrogens is 1. The summed E-state index contributed by atoms with van der Waals surface area (Å²) in [5.74, 6) is -2.23. The van der Waals surface area contributed by atoms with Gasteiger partial charge < -0.3 is 16.0 Å². The van der Waals surface area contributed by atoms with Gasteiger partial charge >= 0.3 is 0 Å². The van der Waals surface area contributed by atoms with Gasteiger partial charge in [-0.3, -0.25) is 4.98 Å². The third-order valence-electron chi connectivity index (χ3n) is 5.35. The van der Waals surface area contributed by atoms with Gasteiger partial charge in [0.05, 0.1) is 23.3 Å². The van der Waals surface area contributed by atoms with Crippen molar-refractivity contribution < 1.29 is 8.78 Å². The molecule has 7 heteroatoms. The molecule has 2 atom stereocenters. The monoisotopic (exact) mass is 385 g/mol. The first-order valence-corrected chi connectivity index (χ1v) is 9.75. The molecular weight excluding hydrogens is 360 g/mol. The van der Waals surface area contributed by atoms with Crippen molar-refractivity contribution in [2.45, 2.75) is 50.1 Å². The van der Waals surface area contributed by atoms with Gasteiger partial charge in [0, 0.05) is 31.1 Å². The number of imidazole rings is 1. The minimum Gasteiger partial charge on any atom is -0.342 e. The number of hydrogen-bond donors (Lipinski definition) is 3. The van der Waals surface area contributed by atoms with Crippen LogP contribution in [0.1, 0.15) is 42.4 Å². The topological polar surface area (TPSA) is 79.6 Å². The van der Waals surface area contributed by atoms with Crippen molar-refractivity contribution in [2.75, 3.05) is 6.54 Å². The molecule has 2 aromatic heterocycles. The highest BCUT2D eigenvalue weighted by Crippen LogP contribution is 2.30. The number of pyridine rings is 1. The van der Waals surface area contributed by atoms with Gasteiger partial charge in [0.2, 0.25) is 0 Å². The molecule has 3 aromatic rings. The van der Waals surface area contributed by atoms with Crippen LogP contribution in [0, 0.1) is 0 Å². The number of hydrogen-bond acceptors (Lipinski definition) is 4. The van der Waals surface area contributed by atoms with E-state index in [0.717, 1.165) is 36.0 Å². The summed E-state index contributed by atoms with van der Waals surface area (Å²) in [5, 5.41) is 3.44. The fourth-order valence-electron chi connectivity index (χ4n) is 4.03. The minimum atomic E-state index is -2.93. The van der Waals surface area contributed by atoms with E-state index in [0.29, 0.717) is 12.2 Å². The van der Waals surface area contributed by atoms with E-state index in [-0.39, 0.29) is 12.5 Å². The van der Waals surface area contributed by atoms with Gasteiger partial charge in [0.1, 0.15) is 5.82 Å². The molecule has 0 aliphatic heterocycles. The van der Waals surface area contributed by atoms with Crippen LogP contribution >= 0.6 is 0 Å². The molecule has 0 saturated heterocycles. The van der Waals surface area contributed by atoms with Gasteiger partial charge in [-0.1, -0.05) is 18.2 Å². The number of aryl methyl sites for hydroxylation is 1. The van der Waals surface area contributed by atoms with Crippen LogP contribution < -0.4 is 11.1 Å². The van der Waals surface area contributed by atoms with Crippen LogP contribution in [-0.4, -0.2) is 33.5 Å². The van der Waals surface area contributed by atoms with Gasteiger partial charge in [-0.15, -0.1) is 0 Å². The quantitative estimate of drug-likeness (QED) is 0.581. The molecule has 28 heavy (non-hydrogen) atoms. The van der Waals surface area contributed by atoms with Crippen LogP contribution in [0.4, 0.5) is 8.78 Å². The molecule has 2 unspecified atom stereocenters. The summed E-state index contributed by atoms with van der Waals surface area (Å²) in [5.41, 5.74) is 9.22. The zero-order valence-corrected chi connectivity index (χ0v) is 15.7. The lowest BCUT2D eigenvalue weighted by atomic mass is 9.90. The van der Waals surface area contributed by atoms with E-state index in [9.17, 15) is 8.78 Å². The fourth-order valence-corrected chi connectivity index (χ4v) is 4.03. The van der Waals surface area contributed by atoms with Crippen LogP contribution in [0.3, 0.4) is 0 Å². The van der Waals surface area contributed by atoms with E-state index < -0.39 is 18.5 Å². The van der Waals surface area contributed by atoms with Crippen LogP contribution in [0.2, 0.25) is 0 Å². The second kappa shape index (κ2) is 7.93. The van der Waals surface area contributed by atoms with Gasteiger partial charge in [0.15, 0.2) is 0 Å². The minimum absolute atomic E-state index is 0.0343. The van der Waals surface area contributed by atoms with Crippen LogP contribution in [0.15, 0.2) is 42.6 Å². The molecule has 0 saturated carbocycles. The number of alkyl halides is 2. The maximum atomic E-state index is 14.1. The summed E-state index contributed by atoms with van der Waals surface area (Å²) in [7, 11) is 0. The zero-order valence-electron chi connectivity index (χ0n) is 15.7. The van der Waals surface area contributed by atoms with Gasteiger partial charge in [0.25, 0.3) is 5.92 Å². The normalized spacial score (nSPS) is 18.2. The molecular formula is C21H25F2N5. The number of rotatable bonds is 7. The molecule has 4 rings (SSSR count). The number of nitrogens with two attached hydrogens (primary N) is 1. The highest BCUT2D eigenvalue weighted by Gasteiger charge is 2.33. The average molecular weight is 385 g/mol. The first-order valence-electron chi connectivity index (χ1n) is 9.75. The van der Waals surface area contributed by atoms with E-state index in [1.165, 1.54) is 5.56 Å². The maximum absolute atomic E-state index is 14.1. The first kappa shape index (κ1) is 19.0. The second-order valence-electron chi connectivity index (χ2n) is 7.53. The Hall–Kier alpha value is -2.38. The van der Waals surface area contributed by atoms with Gasteiger partial charge in [-0.25, -0.2) is 13.8 Å².